The van der Waals surface area contributed by atoms with E-state index in [1.165, 1.54) is 0 Å². The number of aliphatic hydroxyl groups excluding tert-OH is 1. The van der Waals surface area contributed by atoms with Crippen molar-refractivity contribution in [1.82, 2.24) is 15.5 Å². The molecule has 1 aliphatic heterocycles. The van der Waals surface area contributed by atoms with Crippen molar-refractivity contribution >= 4 is 6.03 Å². The molecule has 0 bridgehead atoms. The Bertz CT molecular complexity index is 505. The van der Waals surface area contributed by atoms with Gasteiger partial charge < -0.3 is 15.7 Å². The molecule has 1 saturated heterocycles. The fraction of sp³-hybridized carbons (Fsp3) is 0.632. The minimum atomic E-state index is -0.161. The van der Waals surface area contributed by atoms with Crippen LogP contribution in [0.15, 0.2) is 30.3 Å². The molecule has 0 saturated carbocycles. The van der Waals surface area contributed by atoms with Gasteiger partial charge in [-0.15, -0.1) is 0 Å². The topological polar surface area (TPSA) is 64.6 Å². The van der Waals surface area contributed by atoms with Gasteiger partial charge in [-0.05, 0) is 45.6 Å². The van der Waals surface area contributed by atoms with E-state index in [1.54, 1.807) is 0 Å². The molecule has 24 heavy (non-hydrogen) atoms. The van der Waals surface area contributed by atoms with E-state index >= 15 is 0 Å². The number of nitrogens with zero attached hydrogens (tertiary/aromatic N) is 1. The first-order chi connectivity index (χ1) is 11.4. The maximum absolute atomic E-state index is 12.3. The molecule has 3 N–H and O–H groups in total. The molecule has 0 spiro atoms. The van der Waals surface area contributed by atoms with E-state index in [4.69, 9.17) is 0 Å². The Morgan fingerprint density at radius 3 is 2.42 bits per heavy atom. The first-order valence-corrected chi connectivity index (χ1v) is 8.88. The normalized spacial score (nSPS) is 18.2. The van der Waals surface area contributed by atoms with Crippen LogP contribution in [0.1, 0.15) is 51.6 Å². The number of amides is 2. The van der Waals surface area contributed by atoms with Crippen molar-refractivity contribution < 1.29 is 9.90 Å². The van der Waals surface area contributed by atoms with Gasteiger partial charge in [0.25, 0.3) is 0 Å². The van der Waals surface area contributed by atoms with Gasteiger partial charge in [-0.1, -0.05) is 30.3 Å². The first kappa shape index (κ1) is 18.7. The van der Waals surface area contributed by atoms with Gasteiger partial charge in [0, 0.05) is 31.3 Å². The van der Waals surface area contributed by atoms with Crippen molar-refractivity contribution in [3.8, 4) is 0 Å². The molecular weight excluding hydrogens is 302 g/mol. The largest absolute Gasteiger partial charge is 0.396 e. The van der Waals surface area contributed by atoms with Crippen LogP contribution in [0.4, 0.5) is 4.79 Å². The lowest BCUT2D eigenvalue weighted by molar-refractivity contribution is 0.0976. The smallest absolute Gasteiger partial charge is 0.315 e. The number of nitrogens with one attached hydrogen (secondary N) is 2. The lowest BCUT2D eigenvalue weighted by Crippen LogP contribution is -2.52. The summed E-state index contributed by atoms with van der Waals surface area (Å²) in [5.74, 6) is 0. The molecule has 0 radical (unpaired) electrons. The fourth-order valence-corrected chi connectivity index (χ4v) is 3.22. The van der Waals surface area contributed by atoms with Gasteiger partial charge in [0.15, 0.2) is 0 Å². The molecule has 5 nitrogen and oxygen atoms in total. The zero-order valence-electron chi connectivity index (χ0n) is 15.1. The van der Waals surface area contributed by atoms with Crippen LogP contribution in [0, 0.1) is 0 Å². The number of carbonyl (C=O) groups excluding carboxylic acids is 1. The highest BCUT2D eigenvalue weighted by Crippen LogP contribution is 2.20. The Morgan fingerprint density at radius 2 is 1.88 bits per heavy atom. The monoisotopic (exact) mass is 333 g/mol. The molecule has 2 rings (SSSR count). The number of carbonyl (C=O) groups is 1. The predicted molar refractivity (Wildman–Crippen MR) is 96.9 cm³/mol. The Morgan fingerprint density at radius 1 is 1.25 bits per heavy atom. The number of piperidine rings is 1. The Kier molecular flexibility index (Phi) is 6.63. The molecular formula is C19H31N3O2. The van der Waals surface area contributed by atoms with Crippen LogP contribution in [0.3, 0.4) is 0 Å². The summed E-state index contributed by atoms with van der Waals surface area (Å²) in [6, 6.07) is 9.70. The van der Waals surface area contributed by atoms with Crippen molar-refractivity contribution in [3.63, 3.8) is 0 Å². The maximum atomic E-state index is 12.3. The zero-order valence-corrected chi connectivity index (χ0v) is 15.1. The number of benzene rings is 1. The van der Waals surface area contributed by atoms with Crippen molar-refractivity contribution in [2.75, 3.05) is 19.7 Å². The van der Waals surface area contributed by atoms with Crippen LogP contribution in [0.2, 0.25) is 0 Å². The average molecular weight is 333 g/mol. The van der Waals surface area contributed by atoms with Crippen molar-refractivity contribution in [3.05, 3.63) is 35.9 Å². The third-order valence-corrected chi connectivity index (χ3v) is 4.70. The molecule has 134 valence electrons. The fourth-order valence-electron chi connectivity index (χ4n) is 3.22. The van der Waals surface area contributed by atoms with Gasteiger partial charge in [0.05, 0.1) is 6.04 Å². The van der Waals surface area contributed by atoms with E-state index in [-0.39, 0.29) is 30.3 Å². The van der Waals surface area contributed by atoms with E-state index in [0.29, 0.717) is 6.42 Å². The van der Waals surface area contributed by atoms with Crippen LogP contribution in [-0.2, 0) is 0 Å². The molecule has 1 heterocycles. The number of urea groups is 1. The van der Waals surface area contributed by atoms with E-state index in [0.717, 1.165) is 31.5 Å². The lowest BCUT2D eigenvalue weighted by Gasteiger charge is -2.41. The lowest BCUT2D eigenvalue weighted by atomic mass is 9.98. The maximum Gasteiger partial charge on any atom is 0.315 e. The number of aliphatic hydroxyl groups is 1. The number of likely N-dealkylation sites (tertiary alicyclic amines) is 1. The molecule has 1 aliphatic rings. The Labute approximate surface area is 145 Å². The minimum Gasteiger partial charge on any atom is -0.396 e. The molecule has 1 aromatic rings. The quantitative estimate of drug-likeness (QED) is 0.776. The van der Waals surface area contributed by atoms with Gasteiger partial charge in [0.2, 0.25) is 0 Å². The third-order valence-electron chi connectivity index (χ3n) is 4.70. The minimum absolute atomic E-state index is 0.0454. The first-order valence-electron chi connectivity index (χ1n) is 8.88. The zero-order chi connectivity index (χ0) is 17.6. The molecule has 1 atom stereocenters. The standard InChI is InChI=1S/C19H31N3O2/c1-19(2,3)22-12-9-16(10-13-22)20-18(24)21-17(11-14-23)15-7-5-4-6-8-15/h4-8,16-17,23H,9-14H2,1-3H3,(H2,20,21,24)/t17-/m1/s1. The Hall–Kier alpha value is -1.59. The molecule has 2 amide bonds. The van der Waals surface area contributed by atoms with Gasteiger partial charge in [0.1, 0.15) is 0 Å². The second kappa shape index (κ2) is 8.49. The highest BCUT2D eigenvalue weighted by Gasteiger charge is 2.27. The van der Waals surface area contributed by atoms with Crippen molar-refractivity contribution in [2.45, 2.75) is 57.7 Å². The highest BCUT2D eigenvalue weighted by molar-refractivity contribution is 5.74. The molecule has 0 unspecified atom stereocenters. The van der Waals surface area contributed by atoms with Crippen LogP contribution in [0.25, 0.3) is 0 Å². The molecule has 0 aromatic heterocycles. The summed E-state index contributed by atoms with van der Waals surface area (Å²) in [5, 5.41) is 15.4. The summed E-state index contributed by atoms with van der Waals surface area (Å²) >= 11 is 0. The van der Waals surface area contributed by atoms with Crippen molar-refractivity contribution in [2.24, 2.45) is 0 Å². The van der Waals surface area contributed by atoms with Gasteiger partial charge >= 0.3 is 6.03 Å². The van der Waals surface area contributed by atoms with Crippen LogP contribution in [-0.4, -0.2) is 47.3 Å². The summed E-state index contributed by atoms with van der Waals surface area (Å²) in [6.07, 6.45) is 2.46. The van der Waals surface area contributed by atoms with Gasteiger partial charge in [-0.2, -0.15) is 0 Å². The van der Waals surface area contributed by atoms with Crippen LogP contribution < -0.4 is 10.6 Å². The molecule has 1 fully saturated rings. The van der Waals surface area contributed by atoms with E-state index in [2.05, 4.69) is 36.3 Å². The second-order valence-electron chi connectivity index (χ2n) is 7.53. The summed E-state index contributed by atoms with van der Waals surface area (Å²) in [4.78, 5) is 14.8. The SMILES string of the molecule is CC(C)(C)N1CCC(NC(=O)N[C@H](CCO)c2ccccc2)CC1. The van der Waals surface area contributed by atoms with Gasteiger partial charge in [-0.3, -0.25) is 4.90 Å². The number of hydrogen-bond acceptors (Lipinski definition) is 3. The Balaban J connectivity index is 1.84. The summed E-state index contributed by atoms with van der Waals surface area (Å²) in [6.45, 7) is 8.75. The van der Waals surface area contributed by atoms with Crippen LogP contribution >= 0.6 is 0 Å². The van der Waals surface area contributed by atoms with E-state index in [9.17, 15) is 9.90 Å². The summed E-state index contributed by atoms with van der Waals surface area (Å²) in [7, 11) is 0. The van der Waals surface area contributed by atoms with Gasteiger partial charge in [-0.25, -0.2) is 4.79 Å². The van der Waals surface area contributed by atoms with Crippen LogP contribution in [0.5, 0.6) is 0 Å². The molecule has 1 aromatic carbocycles. The predicted octanol–water partition coefficient (Wildman–Crippen LogP) is 2.67. The highest BCUT2D eigenvalue weighted by atomic mass is 16.3. The summed E-state index contributed by atoms with van der Waals surface area (Å²) < 4.78 is 0. The molecule has 5 heteroatoms. The third kappa shape index (κ3) is 5.49. The second-order valence-corrected chi connectivity index (χ2v) is 7.53. The number of rotatable bonds is 5. The molecule has 0 aliphatic carbocycles. The van der Waals surface area contributed by atoms with E-state index < -0.39 is 0 Å². The average Bonchev–Trinajstić information content (AvgIpc) is 2.55. The summed E-state index contributed by atoms with van der Waals surface area (Å²) in [5.41, 5.74) is 1.21. The van der Waals surface area contributed by atoms with Crippen molar-refractivity contribution in [1.29, 1.82) is 0 Å². The number of hydrogen-bond donors (Lipinski definition) is 3. The van der Waals surface area contributed by atoms with E-state index in [1.807, 2.05) is 30.3 Å².